The van der Waals surface area contributed by atoms with E-state index in [2.05, 4.69) is 60.2 Å². The first-order valence-corrected chi connectivity index (χ1v) is 16.3. The molecule has 1 aromatic heterocycles. The number of aryl methyl sites for hydroxylation is 2. The van der Waals surface area contributed by atoms with Gasteiger partial charge in [-0.15, -0.1) is 11.3 Å². The SMILES string of the molecule is Cc1ccc(OCc2cc(C)c3c(c2C)CCN(C2CCOCC2)C3)c(-c2csc(N3CC[C@@]4(C(=O)O)C[C@H]4C3)n2)c1. The summed E-state index contributed by atoms with van der Waals surface area (Å²) in [5, 5.41) is 12.7. The number of hydrogen-bond acceptors (Lipinski definition) is 7. The van der Waals surface area contributed by atoms with Gasteiger partial charge in [0.05, 0.1) is 11.1 Å². The van der Waals surface area contributed by atoms with Gasteiger partial charge in [0.1, 0.15) is 12.4 Å². The van der Waals surface area contributed by atoms with E-state index in [-0.39, 0.29) is 5.92 Å². The summed E-state index contributed by atoms with van der Waals surface area (Å²) < 4.78 is 12.2. The number of nitrogens with zero attached hydrogens (tertiary/aromatic N) is 3. The number of anilines is 1. The Kier molecular flexibility index (Phi) is 7.27. The summed E-state index contributed by atoms with van der Waals surface area (Å²) in [6, 6.07) is 9.31. The van der Waals surface area contributed by atoms with E-state index < -0.39 is 11.4 Å². The number of rotatable bonds is 7. The first-order valence-electron chi connectivity index (χ1n) is 15.4. The van der Waals surface area contributed by atoms with E-state index in [1.54, 1.807) is 11.3 Å². The van der Waals surface area contributed by atoms with Crippen molar-refractivity contribution in [3.63, 3.8) is 0 Å². The van der Waals surface area contributed by atoms with Gasteiger partial charge in [-0.1, -0.05) is 17.7 Å². The zero-order valence-electron chi connectivity index (χ0n) is 24.9. The number of ether oxygens (including phenoxy) is 2. The lowest BCUT2D eigenvalue weighted by atomic mass is 9.87. The van der Waals surface area contributed by atoms with Crippen molar-refractivity contribution in [2.45, 2.75) is 72.1 Å². The van der Waals surface area contributed by atoms with Gasteiger partial charge in [0.15, 0.2) is 5.13 Å². The van der Waals surface area contributed by atoms with Crippen molar-refractivity contribution in [3.8, 4) is 17.0 Å². The minimum Gasteiger partial charge on any atom is -0.488 e. The van der Waals surface area contributed by atoms with Crippen LogP contribution < -0.4 is 9.64 Å². The molecule has 2 aromatic carbocycles. The van der Waals surface area contributed by atoms with Gasteiger partial charge in [-0.2, -0.15) is 0 Å². The quantitative estimate of drug-likeness (QED) is 0.355. The van der Waals surface area contributed by atoms with Crippen molar-refractivity contribution in [3.05, 3.63) is 63.0 Å². The molecule has 0 bridgehead atoms. The van der Waals surface area contributed by atoms with Gasteiger partial charge in [-0.05, 0) is 98.7 Å². The maximum absolute atomic E-state index is 11.7. The van der Waals surface area contributed by atoms with Gasteiger partial charge in [-0.25, -0.2) is 4.98 Å². The number of carbonyl (C=O) groups is 1. The third-order valence-electron chi connectivity index (χ3n) is 10.4. The Balaban J connectivity index is 1.07. The van der Waals surface area contributed by atoms with Crippen LogP contribution in [0, 0.1) is 32.1 Å². The molecule has 0 radical (unpaired) electrons. The molecule has 3 aliphatic heterocycles. The standard InChI is InChI=1S/C34H41N3O4S/c1-21-4-5-31(28(14-21)30-20-42-33(35-30)37-11-9-34(32(38)39)16-25(34)17-37)41-19-24-15-22(2)29-18-36(10-6-27(29)23(24)3)26-7-12-40-13-8-26/h4-5,14-15,20,25-26H,6-13,16-19H2,1-3H3,(H,38,39)/t25-,34+/m0/s1. The molecule has 4 aliphatic rings. The Morgan fingerprint density at radius 1 is 1.17 bits per heavy atom. The molecule has 2 saturated heterocycles. The topological polar surface area (TPSA) is 75.1 Å². The highest BCUT2D eigenvalue weighted by atomic mass is 32.1. The van der Waals surface area contributed by atoms with Gasteiger partial charge >= 0.3 is 5.97 Å². The number of thiazole rings is 1. The second kappa shape index (κ2) is 11.0. The summed E-state index contributed by atoms with van der Waals surface area (Å²) in [4.78, 5) is 21.7. The van der Waals surface area contributed by atoms with E-state index in [4.69, 9.17) is 14.5 Å². The highest BCUT2D eigenvalue weighted by Crippen LogP contribution is 2.58. The van der Waals surface area contributed by atoms with Gasteiger partial charge in [0.2, 0.25) is 0 Å². The normalized spacial score (nSPS) is 24.3. The van der Waals surface area contributed by atoms with Crippen molar-refractivity contribution in [1.82, 2.24) is 9.88 Å². The van der Waals surface area contributed by atoms with Crippen molar-refractivity contribution in [2.24, 2.45) is 11.3 Å². The first-order chi connectivity index (χ1) is 20.3. The lowest BCUT2D eigenvalue weighted by molar-refractivity contribution is -0.144. The highest BCUT2D eigenvalue weighted by molar-refractivity contribution is 7.14. The second-order valence-corrected chi connectivity index (χ2v) is 13.7. The zero-order chi connectivity index (χ0) is 29.0. The van der Waals surface area contributed by atoms with E-state index >= 15 is 0 Å². The van der Waals surface area contributed by atoms with Crippen LogP contribution in [-0.2, 0) is 29.1 Å². The average molecular weight is 588 g/mol. The smallest absolute Gasteiger partial charge is 0.310 e. The van der Waals surface area contributed by atoms with Crippen molar-refractivity contribution >= 4 is 22.4 Å². The Morgan fingerprint density at radius 3 is 2.79 bits per heavy atom. The molecule has 3 fully saturated rings. The Labute approximate surface area is 252 Å². The lowest BCUT2D eigenvalue weighted by Crippen LogP contribution is -2.42. The summed E-state index contributed by atoms with van der Waals surface area (Å²) in [6.45, 7) is 12.6. The minimum atomic E-state index is -0.630. The number of hydrogen-bond donors (Lipinski definition) is 1. The third-order valence-corrected chi connectivity index (χ3v) is 11.3. The van der Waals surface area contributed by atoms with Gasteiger partial charge in [0, 0.05) is 56.4 Å². The van der Waals surface area contributed by atoms with Crippen LogP contribution in [0.1, 0.15) is 59.1 Å². The van der Waals surface area contributed by atoms with Gasteiger partial charge in [0.25, 0.3) is 0 Å². The van der Waals surface area contributed by atoms with Gasteiger partial charge < -0.3 is 19.5 Å². The lowest BCUT2D eigenvalue weighted by Gasteiger charge is -2.39. The number of aromatic nitrogens is 1. The van der Waals surface area contributed by atoms with Crippen molar-refractivity contribution in [1.29, 1.82) is 0 Å². The average Bonchev–Trinajstić information content (AvgIpc) is 3.56. The zero-order valence-corrected chi connectivity index (χ0v) is 25.8. The Hall–Kier alpha value is -2.94. The molecule has 7 nitrogen and oxygen atoms in total. The molecule has 1 aliphatic carbocycles. The fourth-order valence-corrected chi connectivity index (χ4v) is 8.40. The molecule has 42 heavy (non-hydrogen) atoms. The third kappa shape index (κ3) is 5.01. The maximum Gasteiger partial charge on any atom is 0.310 e. The molecular weight excluding hydrogens is 546 g/mol. The number of carboxylic acid groups (broad SMARTS) is 1. The number of piperidine rings is 1. The molecule has 1 saturated carbocycles. The summed E-state index contributed by atoms with van der Waals surface area (Å²) in [6.07, 6.45) is 4.87. The molecule has 4 heterocycles. The maximum atomic E-state index is 11.7. The molecule has 1 N–H and O–H groups in total. The number of aliphatic carboxylic acids is 1. The fraction of sp³-hybridized carbons (Fsp3) is 0.529. The fourth-order valence-electron chi connectivity index (χ4n) is 7.54. The van der Waals surface area contributed by atoms with Crippen LogP contribution in [0.2, 0.25) is 0 Å². The predicted octanol–water partition coefficient (Wildman–Crippen LogP) is 6.15. The number of benzene rings is 2. The monoisotopic (exact) mass is 587 g/mol. The van der Waals surface area contributed by atoms with Crippen LogP contribution in [-0.4, -0.2) is 59.8 Å². The summed E-state index contributed by atoms with van der Waals surface area (Å²) in [5.74, 6) is 0.459. The molecule has 2 atom stereocenters. The molecule has 7 rings (SSSR count). The minimum absolute atomic E-state index is 0.238. The van der Waals surface area contributed by atoms with Crippen LogP contribution in [0.4, 0.5) is 5.13 Å². The first kappa shape index (κ1) is 27.9. The predicted molar refractivity (Wildman–Crippen MR) is 165 cm³/mol. The summed E-state index contributed by atoms with van der Waals surface area (Å²) in [7, 11) is 0. The largest absolute Gasteiger partial charge is 0.488 e. The van der Waals surface area contributed by atoms with E-state index in [1.807, 2.05) is 0 Å². The van der Waals surface area contributed by atoms with Crippen molar-refractivity contribution in [2.75, 3.05) is 37.7 Å². The highest BCUT2D eigenvalue weighted by Gasteiger charge is 2.62. The summed E-state index contributed by atoms with van der Waals surface area (Å²) in [5.41, 5.74) is 9.63. The summed E-state index contributed by atoms with van der Waals surface area (Å²) >= 11 is 1.64. The van der Waals surface area contributed by atoms with Gasteiger partial charge in [-0.3, -0.25) is 9.69 Å². The molecule has 0 spiro atoms. The molecule has 0 amide bonds. The van der Waals surface area contributed by atoms with Crippen molar-refractivity contribution < 1.29 is 19.4 Å². The van der Waals surface area contributed by atoms with Crippen LogP contribution in [0.25, 0.3) is 11.3 Å². The molecule has 222 valence electrons. The van der Waals surface area contributed by atoms with E-state index in [1.165, 1.54) is 33.4 Å². The van der Waals surface area contributed by atoms with E-state index in [0.29, 0.717) is 19.1 Å². The second-order valence-electron chi connectivity index (χ2n) is 12.9. The van der Waals surface area contributed by atoms with Crippen LogP contribution >= 0.6 is 11.3 Å². The molecule has 3 aromatic rings. The van der Waals surface area contributed by atoms with E-state index in [0.717, 1.165) is 87.2 Å². The molecular formula is C34H41N3O4S. The number of carboxylic acids is 1. The Bertz CT molecular complexity index is 1510. The van der Waals surface area contributed by atoms with E-state index in [9.17, 15) is 9.90 Å². The number of fused-ring (bicyclic) bond motifs is 2. The molecule has 8 heteroatoms. The van der Waals surface area contributed by atoms with Crippen LogP contribution in [0.3, 0.4) is 0 Å². The van der Waals surface area contributed by atoms with Crippen LogP contribution in [0.15, 0.2) is 29.6 Å². The molecule has 0 unspecified atom stereocenters. The van der Waals surface area contributed by atoms with Crippen LogP contribution in [0.5, 0.6) is 5.75 Å². The Morgan fingerprint density at radius 2 is 2.00 bits per heavy atom.